The first-order valence-corrected chi connectivity index (χ1v) is 8.36. The van der Waals surface area contributed by atoms with Gasteiger partial charge < -0.3 is 10.3 Å². The van der Waals surface area contributed by atoms with Gasteiger partial charge in [0.1, 0.15) is 0 Å². The van der Waals surface area contributed by atoms with Crippen LogP contribution in [0.15, 0.2) is 29.4 Å². The van der Waals surface area contributed by atoms with E-state index in [1.807, 2.05) is 31.2 Å². The van der Waals surface area contributed by atoms with Gasteiger partial charge in [0.2, 0.25) is 0 Å². The molecule has 2 aromatic rings. The summed E-state index contributed by atoms with van der Waals surface area (Å²) in [5.74, 6) is -0.0932. The van der Waals surface area contributed by atoms with Gasteiger partial charge in [0.25, 0.3) is 5.91 Å². The number of aromatic nitrogens is 1. The van der Waals surface area contributed by atoms with Crippen LogP contribution in [0.4, 0.5) is 0 Å². The van der Waals surface area contributed by atoms with Gasteiger partial charge in [0, 0.05) is 28.2 Å². The molecule has 0 saturated heterocycles. The lowest BCUT2D eigenvalue weighted by Gasteiger charge is -2.22. The molecule has 0 radical (unpaired) electrons. The van der Waals surface area contributed by atoms with Crippen molar-refractivity contribution < 1.29 is 4.79 Å². The van der Waals surface area contributed by atoms with E-state index in [0.29, 0.717) is 12.6 Å². The minimum atomic E-state index is -0.0932. The molecule has 23 heavy (non-hydrogen) atoms. The third kappa shape index (κ3) is 3.99. The summed E-state index contributed by atoms with van der Waals surface area (Å²) in [4.78, 5) is 15.2. The number of nitrogens with one attached hydrogen (secondary N) is 3. The van der Waals surface area contributed by atoms with E-state index < -0.39 is 0 Å². The van der Waals surface area contributed by atoms with Crippen LogP contribution in [0.1, 0.15) is 43.4 Å². The lowest BCUT2D eigenvalue weighted by molar-refractivity contribution is -0.120. The number of aromatic amines is 1. The Morgan fingerprint density at radius 3 is 2.91 bits per heavy atom. The van der Waals surface area contributed by atoms with E-state index >= 15 is 0 Å². The number of carbonyl (C=O) groups is 1. The van der Waals surface area contributed by atoms with E-state index in [9.17, 15) is 4.79 Å². The average molecular weight is 312 g/mol. The first-order valence-electron chi connectivity index (χ1n) is 8.36. The van der Waals surface area contributed by atoms with Crippen molar-refractivity contribution >= 4 is 23.0 Å². The number of aryl methyl sites for hydroxylation is 1. The molecule has 3 N–H and O–H groups in total. The van der Waals surface area contributed by atoms with Crippen molar-refractivity contribution in [1.29, 1.82) is 0 Å². The quantitative estimate of drug-likeness (QED) is 0.587. The number of carbonyl (C=O) groups excluding carboxylic acids is 1. The molecule has 1 aromatic heterocycles. The van der Waals surface area contributed by atoms with Gasteiger partial charge in [-0.05, 0) is 25.8 Å². The smallest absolute Gasteiger partial charge is 0.254 e. The van der Waals surface area contributed by atoms with Crippen molar-refractivity contribution in [3.05, 3.63) is 35.5 Å². The predicted molar refractivity (Wildman–Crippen MR) is 93.6 cm³/mol. The highest BCUT2D eigenvalue weighted by molar-refractivity contribution is 6.00. The van der Waals surface area contributed by atoms with Gasteiger partial charge in [0.15, 0.2) is 0 Å². The van der Waals surface area contributed by atoms with Gasteiger partial charge >= 0.3 is 0 Å². The van der Waals surface area contributed by atoms with Gasteiger partial charge in [-0.2, -0.15) is 5.10 Å². The number of hydrogen-bond donors (Lipinski definition) is 3. The summed E-state index contributed by atoms with van der Waals surface area (Å²) >= 11 is 0. The minimum Gasteiger partial charge on any atom is -0.358 e. The van der Waals surface area contributed by atoms with Crippen LogP contribution in [0.2, 0.25) is 0 Å². The molecular formula is C18H24N4O. The van der Waals surface area contributed by atoms with Gasteiger partial charge in [-0.25, -0.2) is 5.43 Å². The zero-order valence-electron chi connectivity index (χ0n) is 13.6. The second-order valence-corrected chi connectivity index (χ2v) is 6.22. The highest BCUT2D eigenvalue weighted by Gasteiger charge is 2.13. The number of hydrazone groups is 1. The SMILES string of the molecule is Cc1[nH]c2ccccc2c1/C=N\NC(=O)CNC1CCCCC1. The van der Waals surface area contributed by atoms with Gasteiger partial charge in [-0.3, -0.25) is 4.79 Å². The fraction of sp³-hybridized carbons (Fsp3) is 0.444. The average Bonchev–Trinajstić information content (AvgIpc) is 2.90. The van der Waals surface area contributed by atoms with Crippen molar-refractivity contribution in [3.8, 4) is 0 Å². The number of nitrogens with zero attached hydrogens (tertiary/aromatic N) is 1. The van der Waals surface area contributed by atoms with Crippen LogP contribution in [0.3, 0.4) is 0 Å². The Morgan fingerprint density at radius 2 is 2.09 bits per heavy atom. The molecule has 1 amide bonds. The van der Waals surface area contributed by atoms with Crippen LogP contribution in [0.5, 0.6) is 0 Å². The normalized spacial score (nSPS) is 16.2. The summed E-state index contributed by atoms with van der Waals surface area (Å²) in [6.45, 7) is 2.34. The Morgan fingerprint density at radius 1 is 1.30 bits per heavy atom. The second kappa shape index (κ2) is 7.42. The Labute approximate surface area is 136 Å². The number of para-hydroxylation sites is 1. The van der Waals surface area contributed by atoms with Gasteiger partial charge in [-0.15, -0.1) is 0 Å². The molecule has 5 nitrogen and oxygen atoms in total. The standard InChI is InChI=1S/C18H24N4O/c1-13-16(15-9-5-6-10-17(15)21-13)11-20-22-18(23)12-19-14-7-3-2-4-8-14/h5-6,9-11,14,19,21H,2-4,7-8,12H2,1H3,(H,22,23)/b20-11-. The molecule has 1 aromatic carbocycles. The molecule has 0 aliphatic heterocycles. The molecular weight excluding hydrogens is 288 g/mol. The predicted octanol–water partition coefficient (Wildman–Crippen LogP) is 2.85. The lowest BCUT2D eigenvalue weighted by atomic mass is 9.95. The van der Waals surface area contributed by atoms with Crippen molar-refractivity contribution in [1.82, 2.24) is 15.7 Å². The Hall–Kier alpha value is -2.14. The summed E-state index contributed by atoms with van der Waals surface area (Å²) < 4.78 is 0. The maximum absolute atomic E-state index is 11.9. The zero-order valence-corrected chi connectivity index (χ0v) is 13.6. The van der Waals surface area contributed by atoms with Crippen LogP contribution in [-0.4, -0.2) is 29.7 Å². The van der Waals surface area contributed by atoms with Crippen LogP contribution in [0, 0.1) is 6.92 Å². The molecule has 5 heteroatoms. The number of hydrogen-bond acceptors (Lipinski definition) is 3. The fourth-order valence-electron chi connectivity index (χ4n) is 3.22. The Balaban J connectivity index is 1.53. The first-order chi connectivity index (χ1) is 11.2. The summed E-state index contributed by atoms with van der Waals surface area (Å²) in [6.07, 6.45) is 7.90. The third-order valence-corrected chi connectivity index (χ3v) is 4.48. The maximum Gasteiger partial charge on any atom is 0.254 e. The van der Waals surface area contributed by atoms with Crippen LogP contribution in [-0.2, 0) is 4.79 Å². The molecule has 122 valence electrons. The maximum atomic E-state index is 11.9. The minimum absolute atomic E-state index is 0.0932. The summed E-state index contributed by atoms with van der Waals surface area (Å²) in [5, 5.41) is 8.53. The zero-order chi connectivity index (χ0) is 16.1. The largest absolute Gasteiger partial charge is 0.358 e. The molecule has 3 rings (SSSR count). The fourth-order valence-corrected chi connectivity index (χ4v) is 3.22. The van der Waals surface area contributed by atoms with Crippen molar-refractivity contribution in [3.63, 3.8) is 0 Å². The van der Waals surface area contributed by atoms with E-state index in [0.717, 1.165) is 22.2 Å². The third-order valence-electron chi connectivity index (χ3n) is 4.48. The van der Waals surface area contributed by atoms with Gasteiger partial charge in [-0.1, -0.05) is 37.5 Å². The van der Waals surface area contributed by atoms with E-state index in [-0.39, 0.29) is 5.91 Å². The first kappa shape index (κ1) is 15.7. The molecule has 0 spiro atoms. The molecule has 0 unspecified atom stereocenters. The van der Waals surface area contributed by atoms with Gasteiger partial charge in [0.05, 0.1) is 12.8 Å². The van der Waals surface area contributed by atoms with Crippen LogP contribution < -0.4 is 10.7 Å². The number of fused-ring (bicyclic) bond motifs is 1. The summed E-state index contributed by atoms with van der Waals surface area (Å²) in [7, 11) is 0. The molecule has 1 aliphatic carbocycles. The summed E-state index contributed by atoms with van der Waals surface area (Å²) in [5.41, 5.74) is 5.75. The van der Waals surface area contributed by atoms with E-state index in [2.05, 4.69) is 20.8 Å². The van der Waals surface area contributed by atoms with E-state index in [4.69, 9.17) is 0 Å². The Kier molecular flexibility index (Phi) is 5.08. The second-order valence-electron chi connectivity index (χ2n) is 6.22. The van der Waals surface area contributed by atoms with Crippen LogP contribution in [0.25, 0.3) is 10.9 Å². The molecule has 1 fully saturated rings. The summed E-state index contributed by atoms with van der Waals surface area (Å²) in [6, 6.07) is 8.56. The molecule has 0 bridgehead atoms. The lowest BCUT2D eigenvalue weighted by Crippen LogP contribution is -2.38. The number of amides is 1. The molecule has 1 heterocycles. The monoisotopic (exact) mass is 312 g/mol. The highest BCUT2D eigenvalue weighted by atomic mass is 16.2. The molecule has 0 atom stereocenters. The Bertz CT molecular complexity index is 698. The van der Waals surface area contributed by atoms with E-state index in [1.54, 1.807) is 6.21 Å². The highest BCUT2D eigenvalue weighted by Crippen LogP contribution is 2.19. The topological polar surface area (TPSA) is 69.3 Å². The van der Waals surface area contributed by atoms with Crippen molar-refractivity contribution in [2.24, 2.45) is 5.10 Å². The number of rotatable bonds is 5. The molecule has 1 aliphatic rings. The van der Waals surface area contributed by atoms with Crippen molar-refractivity contribution in [2.75, 3.05) is 6.54 Å². The van der Waals surface area contributed by atoms with E-state index in [1.165, 1.54) is 32.1 Å². The van der Waals surface area contributed by atoms with Crippen molar-refractivity contribution in [2.45, 2.75) is 45.1 Å². The number of benzene rings is 1. The number of H-pyrrole nitrogens is 1. The molecule has 1 saturated carbocycles. The van der Waals surface area contributed by atoms with Crippen LogP contribution >= 0.6 is 0 Å².